The van der Waals surface area contributed by atoms with E-state index >= 15 is 0 Å². The summed E-state index contributed by atoms with van der Waals surface area (Å²) in [6.07, 6.45) is 0.549. The van der Waals surface area contributed by atoms with Gasteiger partial charge in [-0.1, -0.05) is 48.0 Å². The Labute approximate surface area is 128 Å². The Bertz CT molecular complexity index is 808. The number of fused-ring (bicyclic) bond motifs is 1. The van der Waals surface area contributed by atoms with Gasteiger partial charge in [-0.05, 0) is 30.2 Å². The normalized spacial score (nSPS) is 11.0. The molecule has 2 N–H and O–H groups in total. The molecule has 0 aliphatic heterocycles. The van der Waals surface area contributed by atoms with Gasteiger partial charge in [0, 0.05) is 27.8 Å². The van der Waals surface area contributed by atoms with Gasteiger partial charge in [0.25, 0.3) is 0 Å². The number of phenols is 2. The Morgan fingerprint density at radius 2 is 1.43 bits per heavy atom. The minimum absolute atomic E-state index is 0.229. The molecule has 0 aliphatic rings. The minimum atomic E-state index is 0.229. The second-order valence-corrected chi connectivity index (χ2v) is 5.59. The van der Waals surface area contributed by atoms with Crippen molar-refractivity contribution in [3.8, 4) is 11.5 Å². The fourth-order valence-corrected chi connectivity index (χ4v) is 2.73. The molecule has 3 aromatic carbocycles. The van der Waals surface area contributed by atoms with Crippen LogP contribution in [0.25, 0.3) is 10.8 Å². The molecule has 0 atom stereocenters. The summed E-state index contributed by atoms with van der Waals surface area (Å²) in [5.74, 6) is 0.461. The van der Waals surface area contributed by atoms with Crippen LogP contribution in [0.1, 0.15) is 16.7 Å². The molecule has 106 valence electrons. The Morgan fingerprint density at radius 1 is 0.857 bits per heavy atom. The summed E-state index contributed by atoms with van der Waals surface area (Å²) in [4.78, 5) is 0. The van der Waals surface area contributed by atoms with E-state index in [9.17, 15) is 10.2 Å². The maximum atomic E-state index is 10.5. The van der Waals surface area contributed by atoms with E-state index < -0.39 is 0 Å². The number of phenolic OH excluding ortho intramolecular Hbond substituents is 2. The SMILES string of the molecule is Cc1c(Cc2ccc(Cl)cc2)c(O)c2ccccc2c1O. The lowest BCUT2D eigenvalue weighted by Gasteiger charge is -2.14. The van der Waals surface area contributed by atoms with Crippen LogP contribution >= 0.6 is 11.6 Å². The summed E-state index contributed by atoms with van der Waals surface area (Å²) in [7, 11) is 0. The lowest BCUT2D eigenvalue weighted by atomic mass is 9.94. The van der Waals surface area contributed by atoms with Gasteiger partial charge in [-0.25, -0.2) is 0 Å². The zero-order chi connectivity index (χ0) is 15.0. The summed E-state index contributed by atoms with van der Waals surface area (Å²) < 4.78 is 0. The van der Waals surface area contributed by atoms with E-state index in [1.807, 2.05) is 55.5 Å². The molecular formula is C18H15ClO2. The van der Waals surface area contributed by atoms with Crippen LogP contribution in [0.15, 0.2) is 48.5 Å². The van der Waals surface area contributed by atoms with Crippen LogP contribution < -0.4 is 0 Å². The Kier molecular flexibility index (Phi) is 3.48. The van der Waals surface area contributed by atoms with Gasteiger partial charge in [-0.2, -0.15) is 0 Å². The van der Waals surface area contributed by atoms with Crippen LogP contribution in [0.4, 0.5) is 0 Å². The van der Waals surface area contributed by atoms with Gasteiger partial charge in [0.2, 0.25) is 0 Å². The summed E-state index contributed by atoms with van der Waals surface area (Å²) in [6, 6.07) is 14.8. The molecule has 0 fully saturated rings. The molecule has 21 heavy (non-hydrogen) atoms. The summed E-state index contributed by atoms with van der Waals surface area (Å²) in [6.45, 7) is 1.83. The van der Waals surface area contributed by atoms with Crippen LogP contribution in [0.3, 0.4) is 0 Å². The quantitative estimate of drug-likeness (QED) is 0.667. The van der Waals surface area contributed by atoms with Gasteiger partial charge in [0.1, 0.15) is 11.5 Å². The van der Waals surface area contributed by atoms with Crippen molar-refractivity contribution in [1.29, 1.82) is 0 Å². The van der Waals surface area contributed by atoms with Crippen molar-refractivity contribution in [2.75, 3.05) is 0 Å². The average Bonchev–Trinajstić information content (AvgIpc) is 2.51. The third kappa shape index (κ3) is 2.43. The Balaban J connectivity index is 2.16. The summed E-state index contributed by atoms with van der Waals surface area (Å²) >= 11 is 5.89. The Hall–Kier alpha value is -2.19. The predicted molar refractivity (Wildman–Crippen MR) is 86.3 cm³/mol. The van der Waals surface area contributed by atoms with Gasteiger partial charge >= 0.3 is 0 Å². The second kappa shape index (κ2) is 5.30. The summed E-state index contributed by atoms with van der Waals surface area (Å²) in [5, 5.41) is 22.9. The van der Waals surface area contributed by atoms with Crippen molar-refractivity contribution in [3.63, 3.8) is 0 Å². The zero-order valence-electron chi connectivity index (χ0n) is 11.6. The standard InChI is InChI=1S/C18H15ClO2/c1-11-16(10-12-6-8-13(19)9-7-12)18(21)15-5-3-2-4-14(15)17(11)20/h2-9,20-21H,10H2,1H3. The maximum absolute atomic E-state index is 10.5. The lowest BCUT2D eigenvalue weighted by molar-refractivity contribution is 0.461. The molecule has 3 heteroatoms. The molecule has 0 aliphatic carbocycles. The van der Waals surface area contributed by atoms with Gasteiger partial charge in [-0.3, -0.25) is 0 Å². The van der Waals surface area contributed by atoms with Crippen molar-refractivity contribution in [2.45, 2.75) is 13.3 Å². The van der Waals surface area contributed by atoms with Crippen molar-refractivity contribution >= 4 is 22.4 Å². The number of aromatic hydroxyl groups is 2. The third-order valence-electron chi connectivity index (χ3n) is 3.83. The molecule has 0 amide bonds. The van der Waals surface area contributed by atoms with Gasteiger partial charge in [0.05, 0.1) is 0 Å². The molecule has 2 nitrogen and oxygen atoms in total. The molecule has 0 saturated carbocycles. The maximum Gasteiger partial charge on any atom is 0.127 e. The number of hydrogen-bond acceptors (Lipinski definition) is 2. The van der Waals surface area contributed by atoms with Crippen molar-refractivity contribution in [1.82, 2.24) is 0 Å². The minimum Gasteiger partial charge on any atom is -0.507 e. The smallest absolute Gasteiger partial charge is 0.127 e. The second-order valence-electron chi connectivity index (χ2n) is 5.15. The topological polar surface area (TPSA) is 40.5 Å². The van der Waals surface area contributed by atoms with Crippen LogP contribution in [-0.2, 0) is 6.42 Å². The van der Waals surface area contributed by atoms with Gasteiger partial charge < -0.3 is 10.2 Å². The highest BCUT2D eigenvalue weighted by molar-refractivity contribution is 6.30. The number of halogens is 1. The van der Waals surface area contributed by atoms with Crippen LogP contribution in [0.5, 0.6) is 11.5 Å². The molecule has 0 radical (unpaired) electrons. The molecule has 0 aromatic heterocycles. The van der Waals surface area contributed by atoms with Crippen LogP contribution in [0.2, 0.25) is 5.02 Å². The number of rotatable bonds is 2. The fourth-order valence-electron chi connectivity index (χ4n) is 2.60. The van der Waals surface area contributed by atoms with E-state index in [0.717, 1.165) is 11.1 Å². The predicted octanol–water partition coefficient (Wildman–Crippen LogP) is 4.80. The molecule has 3 aromatic rings. The molecule has 0 unspecified atom stereocenters. The van der Waals surface area contributed by atoms with E-state index in [1.165, 1.54) is 0 Å². The van der Waals surface area contributed by atoms with Gasteiger partial charge in [-0.15, -0.1) is 0 Å². The van der Waals surface area contributed by atoms with Gasteiger partial charge in [0.15, 0.2) is 0 Å². The molecule has 0 bridgehead atoms. The fraction of sp³-hybridized carbons (Fsp3) is 0.111. The van der Waals surface area contributed by atoms with E-state index in [4.69, 9.17) is 11.6 Å². The molecule has 0 spiro atoms. The Morgan fingerprint density at radius 3 is 2.05 bits per heavy atom. The van der Waals surface area contributed by atoms with Crippen LogP contribution in [0, 0.1) is 6.92 Å². The molecular weight excluding hydrogens is 284 g/mol. The van der Waals surface area contributed by atoms with Crippen molar-refractivity contribution in [2.24, 2.45) is 0 Å². The first kappa shape index (κ1) is 13.8. The molecule has 0 heterocycles. The number of benzene rings is 3. The molecule has 3 rings (SSSR count). The van der Waals surface area contributed by atoms with E-state index in [2.05, 4.69) is 0 Å². The largest absolute Gasteiger partial charge is 0.507 e. The average molecular weight is 299 g/mol. The highest BCUT2D eigenvalue weighted by Crippen LogP contribution is 2.39. The van der Waals surface area contributed by atoms with Crippen LogP contribution in [-0.4, -0.2) is 10.2 Å². The first-order valence-corrected chi connectivity index (χ1v) is 7.12. The van der Waals surface area contributed by atoms with E-state index in [1.54, 1.807) is 0 Å². The highest BCUT2D eigenvalue weighted by Gasteiger charge is 2.15. The van der Waals surface area contributed by atoms with E-state index in [-0.39, 0.29) is 11.5 Å². The highest BCUT2D eigenvalue weighted by atomic mass is 35.5. The van der Waals surface area contributed by atoms with E-state index in [0.29, 0.717) is 27.8 Å². The molecule has 0 saturated heterocycles. The third-order valence-corrected chi connectivity index (χ3v) is 4.08. The summed E-state index contributed by atoms with van der Waals surface area (Å²) in [5.41, 5.74) is 2.49. The first-order chi connectivity index (χ1) is 10.1. The van der Waals surface area contributed by atoms with Crippen molar-refractivity contribution in [3.05, 3.63) is 70.2 Å². The monoisotopic (exact) mass is 298 g/mol. The zero-order valence-corrected chi connectivity index (χ0v) is 12.4. The first-order valence-electron chi connectivity index (χ1n) is 6.74. The number of hydrogen-bond donors (Lipinski definition) is 2. The van der Waals surface area contributed by atoms with Crippen molar-refractivity contribution < 1.29 is 10.2 Å². The lowest BCUT2D eigenvalue weighted by Crippen LogP contribution is -1.95.